The molecule has 0 unspecified atom stereocenters. The Hall–Kier alpha value is -2.89. The minimum atomic E-state index is 0.260. The van der Waals surface area contributed by atoms with Crippen LogP contribution in [0.25, 0.3) is 5.82 Å². The molecule has 1 aromatic carbocycles. The molecule has 0 bridgehead atoms. The smallest absolute Gasteiger partial charge is 0.160 e. The summed E-state index contributed by atoms with van der Waals surface area (Å²) in [5, 5.41) is 8.70. The number of piperidine rings is 1. The van der Waals surface area contributed by atoms with Crippen LogP contribution in [0.1, 0.15) is 31.7 Å². The SMILES string of the molecule is CCCc1cccc(OC2CCN(c3ccc(-n4ccnc4)nn3)CC2)c1. The van der Waals surface area contributed by atoms with Crippen LogP contribution >= 0.6 is 0 Å². The lowest BCUT2D eigenvalue weighted by atomic mass is 10.1. The summed E-state index contributed by atoms with van der Waals surface area (Å²) in [6.45, 7) is 4.06. The van der Waals surface area contributed by atoms with E-state index < -0.39 is 0 Å². The molecule has 0 radical (unpaired) electrons. The average molecular weight is 363 g/mol. The molecule has 6 nitrogen and oxygen atoms in total. The maximum Gasteiger partial charge on any atom is 0.160 e. The minimum Gasteiger partial charge on any atom is -0.490 e. The van der Waals surface area contributed by atoms with Crippen molar-refractivity contribution in [2.24, 2.45) is 0 Å². The standard InChI is InChI=1S/C21H25N5O/c1-2-4-17-5-3-6-19(15-17)27-18-9-12-25(13-10-18)20-7-8-21(24-23-20)26-14-11-22-16-26/h3,5-8,11,14-16,18H,2,4,9-10,12-13H2,1H3. The van der Waals surface area contributed by atoms with E-state index in [0.29, 0.717) is 0 Å². The van der Waals surface area contributed by atoms with Crippen molar-refractivity contribution in [2.45, 2.75) is 38.7 Å². The largest absolute Gasteiger partial charge is 0.490 e. The number of anilines is 1. The Bertz CT molecular complexity index is 839. The highest BCUT2D eigenvalue weighted by Gasteiger charge is 2.22. The Balaban J connectivity index is 1.33. The van der Waals surface area contributed by atoms with Crippen molar-refractivity contribution < 1.29 is 4.74 Å². The number of hydrogen-bond acceptors (Lipinski definition) is 5. The van der Waals surface area contributed by atoms with Crippen LogP contribution in [0.2, 0.25) is 0 Å². The van der Waals surface area contributed by atoms with Gasteiger partial charge in [0.05, 0.1) is 0 Å². The molecular weight excluding hydrogens is 338 g/mol. The van der Waals surface area contributed by atoms with Crippen LogP contribution in [0.3, 0.4) is 0 Å². The Morgan fingerprint density at radius 1 is 1.07 bits per heavy atom. The fourth-order valence-corrected chi connectivity index (χ4v) is 3.48. The summed E-state index contributed by atoms with van der Waals surface area (Å²) >= 11 is 0. The van der Waals surface area contributed by atoms with Gasteiger partial charge in [0.15, 0.2) is 11.6 Å². The molecule has 0 saturated carbocycles. The highest BCUT2D eigenvalue weighted by atomic mass is 16.5. The lowest BCUT2D eigenvalue weighted by Crippen LogP contribution is -2.38. The van der Waals surface area contributed by atoms with E-state index in [1.54, 1.807) is 12.5 Å². The van der Waals surface area contributed by atoms with Gasteiger partial charge in [-0.3, -0.25) is 4.57 Å². The first kappa shape index (κ1) is 17.5. The predicted molar refractivity (Wildman–Crippen MR) is 105 cm³/mol. The molecule has 1 aliphatic heterocycles. The van der Waals surface area contributed by atoms with Crippen LogP contribution < -0.4 is 9.64 Å². The van der Waals surface area contributed by atoms with Crippen molar-refractivity contribution in [3.8, 4) is 11.6 Å². The van der Waals surface area contributed by atoms with E-state index in [4.69, 9.17) is 4.74 Å². The fourth-order valence-electron chi connectivity index (χ4n) is 3.48. The molecule has 6 heteroatoms. The van der Waals surface area contributed by atoms with E-state index in [2.05, 4.69) is 51.3 Å². The first-order valence-electron chi connectivity index (χ1n) is 9.64. The second-order valence-corrected chi connectivity index (χ2v) is 6.92. The van der Waals surface area contributed by atoms with Gasteiger partial charge in [0.1, 0.15) is 18.2 Å². The summed E-state index contributed by atoms with van der Waals surface area (Å²) in [7, 11) is 0. The third kappa shape index (κ3) is 4.27. The number of benzene rings is 1. The Morgan fingerprint density at radius 2 is 1.89 bits per heavy atom. The number of hydrogen-bond donors (Lipinski definition) is 0. The quantitative estimate of drug-likeness (QED) is 0.669. The lowest BCUT2D eigenvalue weighted by molar-refractivity contribution is 0.170. The zero-order valence-electron chi connectivity index (χ0n) is 15.7. The van der Waals surface area contributed by atoms with Gasteiger partial charge in [-0.25, -0.2) is 4.98 Å². The minimum absolute atomic E-state index is 0.260. The Kier molecular flexibility index (Phi) is 5.32. The summed E-state index contributed by atoms with van der Waals surface area (Å²) in [6, 6.07) is 12.5. The summed E-state index contributed by atoms with van der Waals surface area (Å²) < 4.78 is 8.07. The molecule has 1 saturated heterocycles. The molecule has 2 aromatic heterocycles. The normalized spacial score (nSPS) is 15.1. The van der Waals surface area contributed by atoms with Gasteiger partial charge in [0.25, 0.3) is 0 Å². The number of rotatable bonds is 6. The summed E-state index contributed by atoms with van der Waals surface area (Å²) in [6.07, 6.45) is 9.82. The Morgan fingerprint density at radius 3 is 2.59 bits per heavy atom. The molecule has 3 heterocycles. The number of nitrogens with zero attached hydrogens (tertiary/aromatic N) is 5. The number of ether oxygens (including phenoxy) is 1. The van der Waals surface area contributed by atoms with Crippen LogP contribution in [0.5, 0.6) is 5.75 Å². The van der Waals surface area contributed by atoms with E-state index in [1.807, 2.05) is 22.9 Å². The van der Waals surface area contributed by atoms with Gasteiger partial charge in [0.2, 0.25) is 0 Å². The van der Waals surface area contributed by atoms with E-state index in [-0.39, 0.29) is 6.10 Å². The molecule has 4 rings (SSSR count). The molecule has 27 heavy (non-hydrogen) atoms. The number of imidazole rings is 1. The molecular formula is C21H25N5O. The average Bonchev–Trinajstić information content (AvgIpc) is 3.24. The topological polar surface area (TPSA) is 56.1 Å². The fraction of sp³-hybridized carbons (Fsp3) is 0.381. The van der Waals surface area contributed by atoms with Crippen molar-refractivity contribution in [1.82, 2.24) is 19.7 Å². The lowest BCUT2D eigenvalue weighted by Gasteiger charge is -2.32. The zero-order valence-corrected chi connectivity index (χ0v) is 15.7. The van der Waals surface area contributed by atoms with Crippen molar-refractivity contribution in [3.63, 3.8) is 0 Å². The van der Waals surface area contributed by atoms with Crippen molar-refractivity contribution in [1.29, 1.82) is 0 Å². The molecule has 0 spiro atoms. The van der Waals surface area contributed by atoms with E-state index in [1.165, 1.54) is 5.56 Å². The van der Waals surface area contributed by atoms with Gasteiger partial charge < -0.3 is 9.64 Å². The molecule has 1 aliphatic rings. The maximum absolute atomic E-state index is 6.22. The van der Waals surface area contributed by atoms with Crippen LogP contribution in [0, 0.1) is 0 Å². The zero-order chi connectivity index (χ0) is 18.5. The van der Waals surface area contributed by atoms with Crippen molar-refractivity contribution in [2.75, 3.05) is 18.0 Å². The molecule has 3 aromatic rings. The third-order valence-electron chi connectivity index (χ3n) is 4.91. The van der Waals surface area contributed by atoms with Crippen LogP contribution in [-0.2, 0) is 6.42 Å². The molecule has 0 aliphatic carbocycles. The van der Waals surface area contributed by atoms with Gasteiger partial charge in [-0.05, 0) is 36.2 Å². The molecule has 0 N–H and O–H groups in total. The van der Waals surface area contributed by atoms with Crippen LogP contribution in [0.15, 0.2) is 55.1 Å². The summed E-state index contributed by atoms with van der Waals surface area (Å²) in [4.78, 5) is 6.32. The Labute approximate surface area is 159 Å². The van der Waals surface area contributed by atoms with E-state index in [0.717, 1.165) is 56.2 Å². The highest BCUT2D eigenvalue weighted by Crippen LogP contribution is 2.23. The highest BCUT2D eigenvalue weighted by molar-refractivity contribution is 5.40. The molecule has 1 fully saturated rings. The monoisotopic (exact) mass is 363 g/mol. The predicted octanol–water partition coefficient (Wildman–Crippen LogP) is 3.66. The van der Waals surface area contributed by atoms with Crippen molar-refractivity contribution in [3.05, 3.63) is 60.7 Å². The number of aromatic nitrogens is 4. The van der Waals surface area contributed by atoms with Gasteiger partial charge in [-0.15, -0.1) is 10.2 Å². The summed E-state index contributed by atoms with van der Waals surface area (Å²) in [5.41, 5.74) is 1.35. The van der Waals surface area contributed by atoms with Gasteiger partial charge in [0, 0.05) is 38.3 Å². The van der Waals surface area contributed by atoms with Gasteiger partial charge in [-0.1, -0.05) is 25.5 Å². The van der Waals surface area contributed by atoms with E-state index >= 15 is 0 Å². The van der Waals surface area contributed by atoms with Crippen LogP contribution in [-0.4, -0.2) is 38.9 Å². The molecule has 0 amide bonds. The van der Waals surface area contributed by atoms with E-state index in [9.17, 15) is 0 Å². The third-order valence-corrected chi connectivity index (χ3v) is 4.91. The van der Waals surface area contributed by atoms with Gasteiger partial charge in [-0.2, -0.15) is 0 Å². The summed E-state index contributed by atoms with van der Waals surface area (Å²) in [5.74, 6) is 2.69. The first-order valence-corrected chi connectivity index (χ1v) is 9.64. The van der Waals surface area contributed by atoms with Crippen LogP contribution in [0.4, 0.5) is 5.82 Å². The second kappa shape index (κ2) is 8.20. The number of aryl methyl sites for hydroxylation is 1. The molecule has 140 valence electrons. The van der Waals surface area contributed by atoms with Gasteiger partial charge >= 0.3 is 0 Å². The first-order chi connectivity index (χ1) is 13.3. The maximum atomic E-state index is 6.22. The van der Waals surface area contributed by atoms with Crippen molar-refractivity contribution >= 4 is 5.82 Å². The molecule has 0 atom stereocenters. The second-order valence-electron chi connectivity index (χ2n) is 6.92.